The summed E-state index contributed by atoms with van der Waals surface area (Å²) in [4.78, 5) is 0. The lowest BCUT2D eigenvalue weighted by Gasteiger charge is -2.11. The van der Waals surface area contributed by atoms with E-state index >= 15 is 0 Å². The van der Waals surface area contributed by atoms with Crippen molar-refractivity contribution in [1.29, 1.82) is 0 Å². The first-order chi connectivity index (χ1) is 8.74. The zero-order valence-corrected chi connectivity index (χ0v) is 11.2. The van der Waals surface area contributed by atoms with Crippen LogP contribution in [0.15, 0.2) is 46.9 Å². The van der Waals surface area contributed by atoms with E-state index in [1.807, 2.05) is 54.6 Å². The van der Waals surface area contributed by atoms with Crippen LogP contribution >= 0.6 is 15.9 Å². The van der Waals surface area contributed by atoms with E-state index < -0.39 is 0 Å². The van der Waals surface area contributed by atoms with Crippen molar-refractivity contribution in [3.63, 3.8) is 0 Å². The molecule has 0 saturated carbocycles. The maximum Gasteiger partial charge on any atom is 0.124 e. The fourth-order valence-corrected chi connectivity index (χ4v) is 2.46. The van der Waals surface area contributed by atoms with Crippen LogP contribution in [0.2, 0.25) is 0 Å². The smallest absolute Gasteiger partial charge is 0.124 e. The third-order valence-corrected chi connectivity index (χ3v) is 3.52. The largest absolute Gasteiger partial charge is 0.507 e. The number of benzene rings is 2. The van der Waals surface area contributed by atoms with Crippen LogP contribution in [0.25, 0.3) is 24.0 Å². The summed E-state index contributed by atoms with van der Waals surface area (Å²) in [7, 11) is 0. The van der Waals surface area contributed by atoms with Crippen LogP contribution in [0.5, 0.6) is 0 Å². The molecule has 88 valence electrons. The summed E-state index contributed by atoms with van der Waals surface area (Å²) in [6, 6.07) is 13.9. The minimum absolute atomic E-state index is 0.295. The van der Waals surface area contributed by atoms with E-state index in [-0.39, 0.29) is 0 Å². The van der Waals surface area contributed by atoms with E-state index in [9.17, 15) is 5.11 Å². The highest BCUT2D eigenvalue weighted by Crippen LogP contribution is 2.28. The van der Waals surface area contributed by atoms with Gasteiger partial charge in [0, 0.05) is 10.0 Å². The number of hydrogen-bond donors (Lipinski definition) is 1. The molecule has 0 aromatic heterocycles. The van der Waals surface area contributed by atoms with Gasteiger partial charge in [-0.3, -0.25) is 0 Å². The van der Waals surface area contributed by atoms with E-state index in [0.717, 1.165) is 26.7 Å². The predicted molar refractivity (Wildman–Crippen MR) is 80.0 cm³/mol. The Balaban J connectivity index is 2.24. The zero-order valence-electron chi connectivity index (χ0n) is 9.60. The van der Waals surface area contributed by atoms with Gasteiger partial charge in [-0.15, -0.1) is 0 Å². The molecule has 0 heterocycles. The Morgan fingerprint density at radius 3 is 2.39 bits per heavy atom. The molecule has 0 radical (unpaired) electrons. The van der Waals surface area contributed by atoms with Gasteiger partial charge in [-0.25, -0.2) is 0 Å². The zero-order chi connectivity index (χ0) is 12.5. The van der Waals surface area contributed by atoms with Crippen LogP contribution in [0.4, 0.5) is 0 Å². The van der Waals surface area contributed by atoms with Gasteiger partial charge in [0.05, 0.1) is 0 Å². The summed E-state index contributed by atoms with van der Waals surface area (Å²) in [5.41, 5.74) is 3.99. The second-order valence-electron chi connectivity index (χ2n) is 4.22. The first-order valence-electron chi connectivity index (χ1n) is 5.72. The fourth-order valence-electron chi connectivity index (χ4n) is 2.09. The average molecular weight is 299 g/mol. The first-order valence-corrected chi connectivity index (χ1v) is 6.51. The maximum absolute atomic E-state index is 10.2. The Kier molecular flexibility index (Phi) is 2.80. The number of rotatable bonds is 0. The average Bonchev–Trinajstić information content (AvgIpc) is 2.37. The Morgan fingerprint density at radius 1 is 0.833 bits per heavy atom. The molecule has 0 amide bonds. The summed E-state index contributed by atoms with van der Waals surface area (Å²) < 4.78 is 0.962. The number of aliphatic hydroxyl groups excluding tert-OH is 1. The van der Waals surface area contributed by atoms with Gasteiger partial charge in [0.15, 0.2) is 0 Å². The van der Waals surface area contributed by atoms with Crippen LogP contribution in [0.1, 0.15) is 22.3 Å². The van der Waals surface area contributed by atoms with Crippen LogP contribution in [-0.4, -0.2) is 5.11 Å². The van der Waals surface area contributed by atoms with Crippen LogP contribution in [0.3, 0.4) is 0 Å². The highest BCUT2D eigenvalue weighted by molar-refractivity contribution is 9.10. The van der Waals surface area contributed by atoms with Gasteiger partial charge in [-0.2, -0.15) is 0 Å². The molecule has 2 aromatic rings. The Hall–Kier alpha value is -1.80. The molecule has 0 unspecified atom stereocenters. The van der Waals surface area contributed by atoms with E-state index in [1.54, 1.807) is 0 Å². The van der Waals surface area contributed by atoms with Crippen molar-refractivity contribution in [2.24, 2.45) is 0 Å². The Bertz CT molecular complexity index is 669. The summed E-state index contributed by atoms with van der Waals surface area (Å²) in [5.74, 6) is 0.295. The van der Waals surface area contributed by atoms with Gasteiger partial charge >= 0.3 is 0 Å². The summed E-state index contributed by atoms with van der Waals surface area (Å²) >= 11 is 3.43. The van der Waals surface area contributed by atoms with E-state index in [1.165, 1.54) is 0 Å². The number of fused-ring (bicyclic) bond motifs is 2. The molecule has 1 aliphatic carbocycles. The third-order valence-electron chi connectivity index (χ3n) is 3.02. The highest BCUT2D eigenvalue weighted by atomic mass is 79.9. The number of halogens is 1. The highest BCUT2D eigenvalue weighted by Gasteiger charge is 2.09. The molecule has 0 aliphatic heterocycles. The summed E-state index contributed by atoms with van der Waals surface area (Å²) in [6.07, 6.45) is 5.92. The molecule has 3 rings (SSSR count). The lowest BCUT2D eigenvalue weighted by molar-refractivity contribution is 0.515. The standard InChI is InChI=1S/C16H11BrO/c17-14-8-7-12-6-5-11-3-1-2-4-13(11)9-16(18)15(12)10-14/h1-10,18H/b6-5-,11-5?,12-6?,13-9?,16-9+,16-15?. The topological polar surface area (TPSA) is 20.2 Å². The molecule has 1 aliphatic rings. The SMILES string of the molecule is O/C1=C/c2ccccc2/C=C\c2ccc(Br)cc21. The normalized spacial score (nSPS) is 17.7. The first kappa shape index (κ1) is 11.3. The Morgan fingerprint density at radius 2 is 1.56 bits per heavy atom. The van der Waals surface area contributed by atoms with Crippen LogP contribution in [0, 0.1) is 0 Å². The quantitative estimate of drug-likeness (QED) is 0.726. The fraction of sp³-hybridized carbons (Fsp3) is 0. The van der Waals surface area contributed by atoms with E-state index in [0.29, 0.717) is 5.76 Å². The molecule has 0 atom stereocenters. The molecule has 18 heavy (non-hydrogen) atoms. The second-order valence-corrected chi connectivity index (χ2v) is 5.14. The van der Waals surface area contributed by atoms with E-state index in [2.05, 4.69) is 22.0 Å². The van der Waals surface area contributed by atoms with Gasteiger partial charge in [-0.05, 0) is 34.9 Å². The Labute approximate surface area is 114 Å². The number of hydrogen-bond acceptors (Lipinski definition) is 1. The molecule has 1 N–H and O–H groups in total. The molecular formula is C16H11BrO. The van der Waals surface area contributed by atoms with Gasteiger partial charge in [0.2, 0.25) is 0 Å². The maximum atomic E-state index is 10.2. The van der Waals surface area contributed by atoms with Crippen molar-refractivity contribution in [3.8, 4) is 0 Å². The molecular weight excluding hydrogens is 288 g/mol. The lowest BCUT2D eigenvalue weighted by Crippen LogP contribution is -1.92. The van der Waals surface area contributed by atoms with Crippen molar-refractivity contribution >= 4 is 39.9 Å². The van der Waals surface area contributed by atoms with Crippen molar-refractivity contribution < 1.29 is 5.11 Å². The molecule has 0 spiro atoms. The minimum Gasteiger partial charge on any atom is -0.507 e. The van der Waals surface area contributed by atoms with Crippen molar-refractivity contribution in [1.82, 2.24) is 0 Å². The van der Waals surface area contributed by atoms with Crippen molar-refractivity contribution in [2.45, 2.75) is 0 Å². The van der Waals surface area contributed by atoms with Crippen molar-refractivity contribution in [2.75, 3.05) is 0 Å². The van der Waals surface area contributed by atoms with Crippen LogP contribution < -0.4 is 0 Å². The number of aliphatic hydroxyl groups is 1. The van der Waals surface area contributed by atoms with Gasteiger partial charge in [0.25, 0.3) is 0 Å². The van der Waals surface area contributed by atoms with Gasteiger partial charge in [-0.1, -0.05) is 58.4 Å². The lowest BCUT2D eigenvalue weighted by atomic mass is 9.97. The van der Waals surface area contributed by atoms with E-state index in [4.69, 9.17) is 0 Å². The molecule has 0 fully saturated rings. The molecule has 0 saturated heterocycles. The summed E-state index contributed by atoms with van der Waals surface area (Å²) in [5, 5.41) is 10.2. The van der Waals surface area contributed by atoms with Gasteiger partial charge in [0.1, 0.15) is 5.76 Å². The molecule has 2 aromatic carbocycles. The molecule has 2 heteroatoms. The van der Waals surface area contributed by atoms with Gasteiger partial charge < -0.3 is 5.11 Å². The third kappa shape index (κ3) is 2.00. The van der Waals surface area contributed by atoms with Crippen molar-refractivity contribution in [3.05, 3.63) is 69.2 Å². The van der Waals surface area contributed by atoms with Crippen LogP contribution in [-0.2, 0) is 0 Å². The monoisotopic (exact) mass is 298 g/mol. The molecule has 1 nitrogen and oxygen atoms in total. The second kappa shape index (κ2) is 4.46. The minimum atomic E-state index is 0.295. The molecule has 0 bridgehead atoms. The summed E-state index contributed by atoms with van der Waals surface area (Å²) in [6.45, 7) is 0. The predicted octanol–water partition coefficient (Wildman–Crippen LogP) is 4.99.